The summed E-state index contributed by atoms with van der Waals surface area (Å²) in [5.41, 5.74) is 0. The number of benzene rings is 1. The van der Waals surface area contributed by atoms with Crippen molar-refractivity contribution in [3.63, 3.8) is 0 Å². The number of hydrogen-bond acceptors (Lipinski definition) is 2. The molecule has 0 fully saturated rings. The average molecular weight is 274 g/mol. The van der Waals surface area contributed by atoms with Crippen molar-refractivity contribution in [2.45, 2.75) is 0 Å². The Morgan fingerprint density at radius 1 is 1.29 bits per heavy atom. The summed E-state index contributed by atoms with van der Waals surface area (Å²) >= 11 is 8.99. The number of halogens is 2. The van der Waals surface area contributed by atoms with E-state index in [-0.39, 0.29) is 0 Å². The van der Waals surface area contributed by atoms with Crippen LogP contribution >= 0.6 is 27.5 Å². The molecule has 0 spiro atoms. The van der Waals surface area contributed by atoms with Crippen LogP contribution < -0.4 is 4.74 Å². The molecule has 5 heteroatoms. The Bertz CT molecular complexity index is 430. The first-order valence-electron chi connectivity index (χ1n) is 3.89. The fourth-order valence-electron chi connectivity index (χ4n) is 0.978. The lowest BCUT2D eigenvalue weighted by molar-refractivity contribution is 0.465. The largest absolute Gasteiger partial charge is 0.436 e. The van der Waals surface area contributed by atoms with E-state index in [0.29, 0.717) is 21.5 Å². The van der Waals surface area contributed by atoms with Gasteiger partial charge in [0.25, 0.3) is 5.88 Å². The molecule has 14 heavy (non-hydrogen) atoms. The monoisotopic (exact) mass is 272 g/mol. The molecule has 2 aromatic rings. The van der Waals surface area contributed by atoms with E-state index in [1.165, 1.54) is 0 Å². The Hall–Kier alpha value is -1.00. The summed E-state index contributed by atoms with van der Waals surface area (Å²) in [4.78, 5) is 6.79. The first-order valence-corrected chi connectivity index (χ1v) is 5.07. The molecule has 1 aromatic heterocycles. The Kier molecular flexibility index (Phi) is 2.74. The van der Waals surface area contributed by atoms with Gasteiger partial charge in [-0.25, -0.2) is 0 Å². The predicted molar refractivity (Wildman–Crippen MR) is 57.8 cm³/mol. The van der Waals surface area contributed by atoms with Crippen molar-refractivity contribution in [2.75, 3.05) is 0 Å². The Balaban J connectivity index is 2.23. The van der Waals surface area contributed by atoms with Gasteiger partial charge in [0.1, 0.15) is 5.75 Å². The third-order valence-corrected chi connectivity index (χ3v) is 2.19. The normalized spacial score (nSPS) is 10.1. The van der Waals surface area contributed by atoms with E-state index < -0.39 is 0 Å². The number of imidazole rings is 1. The summed E-state index contributed by atoms with van der Waals surface area (Å²) in [6, 6.07) is 9.34. The highest BCUT2D eigenvalue weighted by atomic mass is 79.9. The van der Waals surface area contributed by atoms with Gasteiger partial charge in [-0.3, -0.25) is 0 Å². The van der Waals surface area contributed by atoms with Gasteiger partial charge in [0.05, 0.1) is 0 Å². The van der Waals surface area contributed by atoms with Gasteiger partial charge in [-0.15, -0.1) is 0 Å². The van der Waals surface area contributed by atoms with Gasteiger partial charge < -0.3 is 9.72 Å². The van der Waals surface area contributed by atoms with Crippen LogP contribution in [0.4, 0.5) is 0 Å². The molecule has 0 aliphatic carbocycles. The molecular weight excluding hydrogens is 267 g/mol. The molecule has 3 nitrogen and oxygen atoms in total. The van der Waals surface area contributed by atoms with Crippen LogP contribution in [-0.4, -0.2) is 9.97 Å². The van der Waals surface area contributed by atoms with Crippen molar-refractivity contribution in [3.05, 3.63) is 40.2 Å². The van der Waals surface area contributed by atoms with Gasteiger partial charge in [0.15, 0.2) is 9.89 Å². The van der Waals surface area contributed by atoms with Gasteiger partial charge in [0, 0.05) is 0 Å². The molecule has 0 saturated carbocycles. The second kappa shape index (κ2) is 4.02. The molecule has 2 rings (SSSR count). The van der Waals surface area contributed by atoms with Crippen molar-refractivity contribution in [3.8, 4) is 11.6 Å². The van der Waals surface area contributed by atoms with E-state index >= 15 is 0 Å². The Morgan fingerprint density at radius 2 is 2.00 bits per heavy atom. The first-order chi connectivity index (χ1) is 6.75. The summed E-state index contributed by atoms with van der Waals surface area (Å²) in [6.07, 6.45) is 0. The number of aromatic amines is 1. The second-order valence-electron chi connectivity index (χ2n) is 2.56. The van der Waals surface area contributed by atoms with Crippen molar-refractivity contribution in [1.82, 2.24) is 9.97 Å². The molecule has 0 unspecified atom stereocenters. The smallest absolute Gasteiger partial charge is 0.258 e. The van der Waals surface area contributed by atoms with E-state index in [4.69, 9.17) is 16.3 Å². The zero-order chi connectivity index (χ0) is 9.97. The maximum absolute atomic E-state index is 5.82. The molecule has 72 valence electrons. The van der Waals surface area contributed by atoms with Gasteiger partial charge in [-0.05, 0) is 28.1 Å². The fraction of sp³-hybridized carbons (Fsp3) is 0. The second-order valence-corrected chi connectivity index (χ2v) is 3.69. The number of hydrogen-bond donors (Lipinski definition) is 1. The predicted octanol–water partition coefficient (Wildman–Crippen LogP) is 3.62. The third-order valence-electron chi connectivity index (χ3n) is 1.56. The van der Waals surface area contributed by atoms with Crippen molar-refractivity contribution in [2.24, 2.45) is 0 Å². The van der Waals surface area contributed by atoms with E-state index in [1.54, 1.807) is 0 Å². The standard InChI is InChI=1S/C9H6BrClN2O/c10-9-12-7(11)8(13-9)14-6-4-2-1-3-5-6/h1-5H,(H,12,13). The minimum atomic E-state index is 0.366. The number of para-hydroxylation sites is 1. The van der Waals surface area contributed by atoms with E-state index in [1.807, 2.05) is 30.3 Å². The summed E-state index contributed by atoms with van der Waals surface area (Å²) in [5, 5.41) is 0.376. The highest BCUT2D eigenvalue weighted by Crippen LogP contribution is 2.27. The van der Waals surface area contributed by atoms with E-state index in [9.17, 15) is 0 Å². The molecule has 0 radical (unpaired) electrons. The Labute approximate surface area is 94.2 Å². The first kappa shape index (κ1) is 9.55. The summed E-state index contributed by atoms with van der Waals surface area (Å²) < 4.78 is 5.98. The zero-order valence-electron chi connectivity index (χ0n) is 7.00. The van der Waals surface area contributed by atoms with Crippen LogP contribution in [-0.2, 0) is 0 Å². The molecule has 1 heterocycles. The summed E-state index contributed by atoms with van der Waals surface area (Å²) in [6.45, 7) is 0. The molecule has 1 N–H and O–H groups in total. The molecular formula is C9H6BrClN2O. The van der Waals surface area contributed by atoms with Gasteiger partial charge >= 0.3 is 0 Å². The highest BCUT2D eigenvalue weighted by Gasteiger charge is 2.08. The lowest BCUT2D eigenvalue weighted by atomic mass is 10.3. The number of nitrogens with one attached hydrogen (secondary N) is 1. The number of aromatic nitrogens is 2. The van der Waals surface area contributed by atoms with Gasteiger partial charge in [-0.2, -0.15) is 4.98 Å². The number of H-pyrrole nitrogens is 1. The number of nitrogens with zero attached hydrogens (tertiary/aromatic N) is 1. The molecule has 0 saturated heterocycles. The zero-order valence-corrected chi connectivity index (χ0v) is 9.34. The van der Waals surface area contributed by atoms with Crippen LogP contribution in [0.1, 0.15) is 0 Å². The molecule has 1 aromatic carbocycles. The van der Waals surface area contributed by atoms with Crippen LogP contribution in [0.25, 0.3) is 0 Å². The lowest BCUT2D eigenvalue weighted by Gasteiger charge is -2.00. The number of rotatable bonds is 2. The molecule has 0 amide bonds. The minimum Gasteiger partial charge on any atom is -0.436 e. The van der Waals surface area contributed by atoms with Crippen LogP contribution in [0, 0.1) is 0 Å². The minimum absolute atomic E-state index is 0.366. The van der Waals surface area contributed by atoms with Crippen LogP contribution in [0.5, 0.6) is 11.6 Å². The third kappa shape index (κ3) is 2.08. The quantitative estimate of drug-likeness (QED) is 0.907. The maximum atomic E-state index is 5.82. The maximum Gasteiger partial charge on any atom is 0.258 e. The molecule has 0 bridgehead atoms. The molecule has 0 aliphatic heterocycles. The molecule has 0 aliphatic rings. The fourth-order valence-corrected chi connectivity index (χ4v) is 1.62. The van der Waals surface area contributed by atoms with E-state index in [0.717, 1.165) is 0 Å². The molecule has 0 atom stereocenters. The topological polar surface area (TPSA) is 37.9 Å². The van der Waals surface area contributed by atoms with Gasteiger partial charge in [-0.1, -0.05) is 29.8 Å². The number of ether oxygens (including phenoxy) is 1. The SMILES string of the molecule is Clc1[nH]c(Br)nc1Oc1ccccc1. The Morgan fingerprint density at radius 3 is 2.57 bits per heavy atom. The van der Waals surface area contributed by atoms with Crippen LogP contribution in [0.15, 0.2) is 35.1 Å². The van der Waals surface area contributed by atoms with Crippen molar-refractivity contribution >= 4 is 27.5 Å². The van der Waals surface area contributed by atoms with Crippen molar-refractivity contribution < 1.29 is 4.74 Å². The highest BCUT2D eigenvalue weighted by molar-refractivity contribution is 9.10. The lowest BCUT2D eigenvalue weighted by Crippen LogP contribution is -1.83. The average Bonchev–Trinajstić information content (AvgIpc) is 2.47. The summed E-state index contributed by atoms with van der Waals surface area (Å²) in [5.74, 6) is 1.07. The van der Waals surface area contributed by atoms with Crippen LogP contribution in [0.3, 0.4) is 0 Å². The summed E-state index contributed by atoms with van der Waals surface area (Å²) in [7, 11) is 0. The van der Waals surface area contributed by atoms with E-state index in [2.05, 4.69) is 25.9 Å². The van der Waals surface area contributed by atoms with Crippen molar-refractivity contribution in [1.29, 1.82) is 0 Å². The van der Waals surface area contributed by atoms with Crippen LogP contribution in [0.2, 0.25) is 5.15 Å². The van der Waals surface area contributed by atoms with Gasteiger partial charge in [0.2, 0.25) is 0 Å².